The minimum absolute atomic E-state index is 0.0440. The number of hydrogen-bond donors (Lipinski definition) is 1. The lowest BCUT2D eigenvalue weighted by Crippen LogP contribution is -2.22. The van der Waals surface area contributed by atoms with Crippen molar-refractivity contribution < 1.29 is 13.2 Å². The van der Waals surface area contributed by atoms with Crippen LogP contribution in [0, 0.1) is 5.92 Å². The maximum absolute atomic E-state index is 12.8. The minimum Gasteiger partial charge on any atom is -0.367 e. The van der Waals surface area contributed by atoms with E-state index in [9.17, 15) is 13.2 Å². The van der Waals surface area contributed by atoms with E-state index >= 15 is 0 Å². The number of rotatable bonds is 5. The molecule has 0 bridgehead atoms. The standard InChI is InChI=1S/C13H17F3N2/c1-2-10(8-9-5-6-9)18-12-11(13(14,15)16)4-3-7-17-12/h3-4,7,9-10H,2,5-6,8H2,1H3,(H,17,18). The fourth-order valence-electron chi connectivity index (χ4n) is 2.03. The molecule has 1 saturated carbocycles. The molecular weight excluding hydrogens is 241 g/mol. The van der Waals surface area contributed by atoms with Gasteiger partial charge in [-0.1, -0.05) is 19.8 Å². The number of aromatic nitrogens is 1. The highest BCUT2D eigenvalue weighted by Gasteiger charge is 2.35. The van der Waals surface area contributed by atoms with Crippen molar-refractivity contribution in [3.8, 4) is 0 Å². The van der Waals surface area contributed by atoms with Crippen LogP contribution in [0.5, 0.6) is 0 Å². The summed E-state index contributed by atoms with van der Waals surface area (Å²) in [6.45, 7) is 1.98. The van der Waals surface area contributed by atoms with Crippen LogP contribution in [0.3, 0.4) is 0 Å². The Kier molecular flexibility index (Phi) is 3.78. The summed E-state index contributed by atoms with van der Waals surface area (Å²) in [4.78, 5) is 3.83. The second kappa shape index (κ2) is 5.16. The van der Waals surface area contributed by atoms with Crippen LogP contribution >= 0.6 is 0 Å². The van der Waals surface area contributed by atoms with Crippen molar-refractivity contribution in [1.29, 1.82) is 0 Å². The van der Waals surface area contributed by atoms with Crippen molar-refractivity contribution in [2.24, 2.45) is 5.92 Å². The number of halogens is 3. The Labute approximate surface area is 105 Å². The molecule has 0 spiro atoms. The summed E-state index contributed by atoms with van der Waals surface area (Å²) >= 11 is 0. The lowest BCUT2D eigenvalue weighted by Gasteiger charge is -2.20. The normalized spacial score (nSPS) is 17.6. The molecule has 1 aliphatic rings. The Hall–Kier alpha value is -1.26. The molecular formula is C13H17F3N2. The third-order valence-electron chi connectivity index (χ3n) is 3.26. The van der Waals surface area contributed by atoms with E-state index in [2.05, 4.69) is 10.3 Å². The second-order valence-electron chi connectivity index (χ2n) is 4.83. The van der Waals surface area contributed by atoms with E-state index in [1.165, 1.54) is 25.1 Å². The highest BCUT2D eigenvalue weighted by molar-refractivity contribution is 5.46. The minimum atomic E-state index is -4.35. The molecule has 1 unspecified atom stereocenters. The Morgan fingerprint density at radius 2 is 2.17 bits per heavy atom. The highest BCUT2D eigenvalue weighted by atomic mass is 19.4. The smallest absolute Gasteiger partial charge is 0.367 e. The van der Waals surface area contributed by atoms with Crippen LogP contribution in [-0.4, -0.2) is 11.0 Å². The number of pyridine rings is 1. The molecule has 0 saturated heterocycles. The van der Waals surface area contributed by atoms with Crippen LogP contribution in [0.2, 0.25) is 0 Å². The Morgan fingerprint density at radius 3 is 2.72 bits per heavy atom. The number of nitrogens with zero attached hydrogens (tertiary/aromatic N) is 1. The predicted molar refractivity (Wildman–Crippen MR) is 64.3 cm³/mol. The first-order valence-corrected chi connectivity index (χ1v) is 6.29. The lowest BCUT2D eigenvalue weighted by atomic mass is 10.1. The highest BCUT2D eigenvalue weighted by Crippen LogP contribution is 2.37. The van der Waals surface area contributed by atoms with Crippen LogP contribution in [0.4, 0.5) is 19.0 Å². The van der Waals surface area contributed by atoms with Crippen LogP contribution < -0.4 is 5.32 Å². The largest absolute Gasteiger partial charge is 0.419 e. The molecule has 5 heteroatoms. The summed E-state index contributed by atoms with van der Waals surface area (Å²) in [7, 11) is 0. The fraction of sp³-hybridized carbons (Fsp3) is 0.615. The van der Waals surface area contributed by atoms with E-state index < -0.39 is 11.7 Å². The third-order valence-corrected chi connectivity index (χ3v) is 3.26. The quantitative estimate of drug-likeness (QED) is 0.860. The summed E-state index contributed by atoms with van der Waals surface area (Å²) in [5.74, 6) is 0.637. The molecule has 1 aromatic rings. The monoisotopic (exact) mass is 258 g/mol. The van der Waals surface area contributed by atoms with Crippen molar-refractivity contribution in [3.05, 3.63) is 23.9 Å². The average Bonchev–Trinajstić information content (AvgIpc) is 3.11. The number of hydrogen-bond acceptors (Lipinski definition) is 2. The average molecular weight is 258 g/mol. The molecule has 100 valence electrons. The molecule has 1 fully saturated rings. The van der Waals surface area contributed by atoms with Gasteiger partial charge in [-0.3, -0.25) is 0 Å². The van der Waals surface area contributed by atoms with Gasteiger partial charge < -0.3 is 5.32 Å². The number of alkyl halides is 3. The molecule has 1 aromatic heterocycles. The van der Waals surface area contributed by atoms with Gasteiger partial charge in [0.1, 0.15) is 5.82 Å². The molecule has 1 heterocycles. The van der Waals surface area contributed by atoms with Gasteiger partial charge in [-0.05, 0) is 30.9 Å². The van der Waals surface area contributed by atoms with Crippen LogP contribution in [0.15, 0.2) is 18.3 Å². The zero-order valence-corrected chi connectivity index (χ0v) is 10.3. The van der Waals surface area contributed by atoms with Crippen molar-refractivity contribution in [3.63, 3.8) is 0 Å². The molecule has 18 heavy (non-hydrogen) atoms. The first-order chi connectivity index (χ1) is 8.50. The Morgan fingerprint density at radius 1 is 1.44 bits per heavy atom. The second-order valence-corrected chi connectivity index (χ2v) is 4.83. The van der Waals surface area contributed by atoms with Gasteiger partial charge in [0, 0.05) is 12.2 Å². The maximum atomic E-state index is 12.8. The number of anilines is 1. The van der Waals surface area contributed by atoms with Crippen molar-refractivity contribution in [1.82, 2.24) is 4.98 Å². The van der Waals surface area contributed by atoms with E-state index in [1.54, 1.807) is 0 Å². The fourth-order valence-corrected chi connectivity index (χ4v) is 2.03. The lowest BCUT2D eigenvalue weighted by molar-refractivity contribution is -0.137. The summed E-state index contributed by atoms with van der Waals surface area (Å²) in [5, 5.41) is 2.94. The summed E-state index contributed by atoms with van der Waals surface area (Å²) in [6.07, 6.45) is 1.18. The van der Waals surface area contributed by atoms with Gasteiger partial charge in [0.05, 0.1) is 5.56 Å². The molecule has 1 aliphatic carbocycles. The van der Waals surface area contributed by atoms with Gasteiger partial charge in [-0.15, -0.1) is 0 Å². The zero-order chi connectivity index (χ0) is 13.2. The van der Waals surface area contributed by atoms with Crippen LogP contribution in [0.1, 0.15) is 38.2 Å². The molecule has 0 aromatic carbocycles. The summed E-state index contributed by atoms with van der Waals surface area (Å²) in [5.41, 5.74) is -0.681. The van der Waals surface area contributed by atoms with Gasteiger partial charge in [-0.25, -0.2) is 4.98 Å². The Bertz CT molecular complexity index is 399. The van der Waals surface area contributed by atoms with Crippen LogP contribution in [0.25, 0.3) is 0 Å². The van der Waals surface area contributed by atoms with E-state index in [0.717, 1.165) is 18.9 Å². The topological polar surface area (TPSA) is 24.9 Å². The number of nitrogens with one attached hydrogen (secondary N) is 1. The molecule has 1 atom stereocenters. The molecule has 2 rings (SSSR count). The van der Waals surface area contributed by atoms with E-state index in [1.807, 2.05) is 6.92 Å². The SMILES string of the molecule is CCC(CC1CC1)Nc1ncccc1C(F)(F)F. The maximum Gasteiger partial charge on any atom is 0.419 e. The van der Waals surface area contributed by atoms with Crippen molar-refractivity contribution in [2.45, 2.75) is 44.8 Å². The van der Waals surface area contributed by atoms with Crippen molar-refractivity contribution in [2.75, 3.05) is 5.32 Å². The van der Waals surface area contributed by atoms with Gasteiger partial charge in [-0.2, -0.15) is 13.2 Å². The zero-order valence-electron chi connectivity index (χ0n) is 10.3. The van der Waals surface area contributed by atoms with E-state index in [4.69, 9.17) is 0 Å². The molecule has 0 aliphatic heterocycles. The molecule has 2 nitrogen and oxygen atoms in total. The Balaban J connectivity index is 2.11. The van der Waals surface area contributed by atoms with E-state index in [0.29, 0.717) is 5.92 Å². The first kappa shape index (κ1) is 13.2. The van der Waals surface area contributed by atoms with Crippen LogP contribution in [-0.2, 0) is 6.18 Å². The van der Waals surface area contributed by atoms with Crippen molar-refractivity contribution >= 4 is 5.82 Å². The molecule has 0 radical (unpaired) electrons. The predicted octanol–water partition coefficient (Wildman–Crippen LogP) is 4.09. The van der Waals surface area contributed by atoms with E-state index in [-0.39, 0.29) is 11.9 Å². The van der Waals surface area contributed by atoms with Gasteiger partial charge in [0.25, 0.3) is 0 Å². The van der Waals surface area contributed by atoms with Gasteiger partial charge in [0.15, 0.2) is 0 Å². The summed E-state index contributed by atoms with van der Waals surface area (Å²) < 4.78 is 38.4. The van der Waals surface area contributed by atoms with Gasteiger partial charge >= 0.3 is 6.18 Å². The molecule has 1 N–H and O–H groups in total. The third kappa shape index (κ3) is 3.37. The van der Waals surface area contributed by atoms with Gasteiger partial charge in [0.2, 0.25) is 0 Å². The molecule has 0 amide bonds. The first-order valence-electron chi connectivity index (χ1n) is 6.29. The summed E-state index contributed by atoms with van der Waals surface area (Å²) in [6, 6.07) is 2.46.